The number of carbonyl (C=O) groups excluding carboxylic acids is 1. The lowest BCUT2D eigenvalue weighted by Gasteiger charge is -2.29. The predicted octanol–water partition coefficient (Wildman–Crippen LogP) is 0.483. The molecule has 1 aromatic carbocycles. The number of hydrogen-bond acceptors (Lipinski definition) is 3. The van der Waals surface area contributed by atoms with Crippen molar-refractivity contribution in [3.63, 3.8) is 0 Å². The van der Waals surface area contributed by atoms with Crippen molar-refractivity contribution in [2.24, 2.45) is 0 Å². The largest absolute Gasteiger partial charge is 0.399 e. The second kappa shape index (κ2) is 3.96. The van der Waals surface area contributed by atoms with Gasteiger partial charge in [-0.25, -0.2) is 8.78 Å². The van der Waals surface area contributed by atoms with Gasteiger partial charge < -0.3 is 16.0 Å². The van der Waals surface area contributed by atoms with Crippen LogP contribution in [0.2, 0.25) is 0 Å². The summed E-state index contributed by atoms with van der Waals surface area (Å²) in [6.07, 6.45) is 0. The molecule has 0 aliphatic carbocycles. The van der Waals surface area contributed by atoms with Gasteiger partial charge in [0.15, 0.2) is 11.6 Å². The van der Waals surface area contributed by atoms with Crippen LogP contribution in [0.25, 0.3) is 0 Å². The molecule has 0 radical (unpaired) electrons. The zero-order chi connectivity index (χ0) is 11.7. The number of nitrogens with zero attached hydrogens (tertiary/aromatic N) is 1. The number of benzene rings is 1. The molecule has 0 unspecified atom stereocenters. The highest BCUT2D eigenvalue weighted by molar-refractivity contribution is 5.82. The van der Waals surface area contributed by atoms with Crippen LogP contribution in [0, 0.1) is 11.6 Å². The van der Waals surface area contributed by atoms with Crippen LogP contribution in [0.5, 0.6) is 0 Å². The molecule has 0 atom stereocenters. The molecule has 2 rings (SSSR count). The minimum atomic E-state index is -0.743. The Labute approximate surface area is 91.0 Å². The molecule has 86 valence electrons. The molecule has 1 aromatic rings. The molecule has 1 heterocycles. The fraction of sp³-hybridized carbons (Fsp3) is 0.300. The normalized spacial score (nSPS) is 16.1. The van der Waals surface area contributed by atoms with E-state index in [1.165, 1.54) is 4.90 Å². The van der Waals surface area contributed by atoms with Crippen molar-refractivity contribution >= 4 is 17.3 Å². The minimum absolute atomic E-state index is 0.0280. The van der Waals surface area contributed by atoms with E-state index >= 15 is 0 Å². The highest BCUT2D eigenvalue weighted by Crippen LogP contribution is 2.26. The van der Waals surface area contributed by atoms with Crippen LogP contribution in [-0.2, 0) is 4.79 Å². The lowest BCUT2D eigenvalue weighted by atomic mass is 10.2. The van der Waals surface area contributed by atoms with Crippen LogP contribution in [0.15, 0.2) is 12.1 Å². The molecule has 0 aromatic heterocycles. The molecule has 0 spiro atoms. The summed E-state index contributed by atoms with van der Waals surface area (Å²) in [6, 6.07) is 2.09. The lowest BCUT2D eigenvalue weighted by Crippen LogP contribution is -2.48. The quantitative estimate of drug-likeness (QED) is 0.686. The molecule has 1 amide bonds. The number of hydrogen-bond donors (Lipinski definition) is 2. The van der Waals surface area contributed by atoms with Crippen molar-refractivity contribution in [2.75, 3.05) is 30.3 Å². The van der Waals surface area contributed by atoms with Crippen molar-refractivity contribution in [3.8, 4) is 0 Å². The Morgan fingerprint density at radius 2 is 1.94 bits per heavy atom. The monoisotopic (exact) mass is 227 g/mol. The molecule has 1 saturated heterocycles. The number of piperazine rings is 1. The van der Waals surface area contributed by atoms with Gasteiger partial charge in [-0.2, -0.15) is 0 Å². The van der Waals surface area contributed by atoms with Gasteiger partial charge in [0.05, 0.1) is 6.54 Å². The van der Waals surface area contributed by atoms with Crippen molar-refractivity contribution in [1.29, 1.82) is 0 Å². The van der Waals surface area contributed by atoms with Gasteiger partial charge in [-0.1, -0.05) is 0 Å². The van der Waals surface area contributed by atoms with Gasteiger partial charge in [-0.3, -0.25) is 4.79 Å². The fourth-order valence-electron chi connectivity index (χ4n) is 1.72. The molecule has 1 aliphatic rings. The highest BCUT2D eigenvalue weighted by atomic mass is 19.1. The van der Waals surface area contributed by atoms with E-state index in [-0.39, 0.29) is 23.8 Å². The third-order valence-corrected chi connectivity index (χ3v) is 2.39. The number of anilines is 2. The molecule has 0 saturated carbocycles. The number of nitrogens with two attached hydrogens (primary N) is 1. The Balaban J connectivity index is 2.35. The van der Waals surface area contributed by atoms with E-state index in [9.17, 15) is 13.6 Å². The van der Waals surface area contributed by atoms with E-state index in [0.717, 1.165) is 12.1 Å². The summed E-state index contributed by atoms with van der Waals surface area (Å²) in [5.41, 5.74) is 5.14. The van der Waals surface area contributed by atoms with Crippen molar-refractivity contribution < 1.29 is 13.6 Å². The summed E-state index contributed by atoms with van der Waals surface area (Å²) in [7, 11) is 0. The first-order valence-corrected chi connectivity index (χ1v) is 4.84. The SMILES string of the molecule is Nc1cc(F)c(N2CCNC(=O)C2)c(F)c1. The standard InChI is InChI=1S/C10H11F2N3O/c11-7-3-6(13)4-8(12)10(7)15-2-1-14-9(16)5-15/h3-4H,1-2,5,13H2,(H,14,16). The van der Waals surface area contributed by atoms with Crippen LogP contribution in [0.1, 0.15) is 0 Å². The molecule has 6 heteroatoms. The molecule has 1 fully saturated rings. The molecular formula is C10H11F2N3O. The van der Waals surface area contributed by atoms with Gasteiger partial charge in [0.2, 0.25) is 5.91 Å². The first-order chi connectivity index (χ1) is 7.58. The number of halogens is 2. The first-order valence-electron chi connectivity index (χ1n) is 4.84. The number of rotatable bonds is 1. The van der Waals surface area contributed by atoms with E-state index in [2.05, 4.69) is 5.32 Å². The third-order valence-electron chi connectivity index (χ3n) is 2.39. The zero-order valence-electron chi connectivity index (χ0n) is 8.46. The van der Waals surface area contributed by atoms with Gasteiger partial charge in [0, 0.05) is 18.8 Å². The van der Waals surface area contributed by atoms with Gasteiger partial charge in [-0.15, -0.1) is 0 Å². The topological polar surface area (TPSA) is 58.4 Å². The fourth-order valence-corrected chi connectivity index (χ4v) is 1.72. The smallest absolute Gasteiger partial charge is 0.239 e. The second-order valence-corrected chi connectivity index (χ2v) is 3.60. The van der Waals surface area contributed by atoms with Gasteiger partial charge in [0.1, 0.15) is 5.69 Å². The van der Waals surface area contributed by atoms with Gasteiger partial charge in [0.25, 0.3) is 0 Å². The molecule has 4 nitrogen and oxygen atoms in total. The summed E-state index contributed by atoms with van der Waals surface area (Å²) >= 11 is 0. The Kier molecular flexibility index (Phi) is 2.64. The van der Waals surface area contributed by atoms with Crippen LogP contribution >= 0.6 is 0 Å². The summed E-state index contributed by atoms with van der Waals surface area (Å²) in [5, 5.41) is 2.58. The number of amides is 1. The predicted molar refractivity (Wildman–Crippen MR) is 56.0 cm³/mol. The molecular weight excluding hydrogens is 216 g/mol. The van der Waals surface area contributed by atoms with Crippen molar-refractivity contribution in [3.05, 3.63) is 23.8 Å². The van der Waals surface area contributed by atoms with Gasteiger partial charge >= 0.3 is 0 Å². The zero-order valence-corrected chi connectivity index (χ0v) is 8.46. The highest BCUT2D eigenvalue weighted by Gasteiger charge is 2.22. The summed E-state index contributed by atoms with van der Waals surface area (Å²) < 4.78 is 27.1. The Hall–Kier alpha value is -1.85. The van der Waals surface area contributed by atoms with E-state index in [4.69, 9.17) is 5.73 Å². The molecule has 3 N–H and O–H groups in total. The van der Waals surface area contributed by atoms with E-state index in [1.54, 1.807) is 0 Å². The summed E-state index contributed by atoms with van der Waals surface area (Å²) in [4.78, 5) is 12.5. The summed E-state index contributed by atoms with van der Waals surface area (Å²) in [6.45, 7) is 0.712. The molecule has 1 aliphatic heterocycles. The van der Waals surface area contributed by atoms with Crippen LogP contribution < -0.4 is 16.0 Å². The maximum absolute atomic E-state index is 13.5. The number of carbonyl (C=O) groups is 1. The van der Waals surface area contributed by atoms with Crippen LogP contribution in [-0.4, -0.2) is 25.5 Å². The van der Waals surface area contributed by atoms with Crippen molar-refractivity contribution in [1.82, 2.24) is 5.32 Å². The van der Waals surface area contributed by atoms with E-state index in [0.29, 0.717) is 13.1 Å². The Morgan fingerprint density at radius 3 is 2.50 bits per heavy atom. The first kappa shape index (κ1) is 10.7. The lowest BCUT2D eigenvalue weighted by molar-refractivity contribution is -0.120. The number of nitrogen functional groups attached to an aromatic ring is 1. The molecule has 0 bridgehead atoms. The van der Waals surface area contributed by atoms with E-state index < -0.39 is 11.6 Å². The Morgan fingerprint density at radius 1 is 1.31 bits per heavy atom. The average Bonchev–Trinajstić information content (AvgIpc) is 2.15. The van der Waals surface area contributed by atoms with E-state index in [1.807, 2.05) is 0 Å². The number of nitrogens with one attached hydrogen (secondary N) is 1. The minimum Gasteiger partial charge on any atom is -0.399 e. The Bertz CT molecular complexity index is 413. The van der Waals surface area contributed by atoms with Crippen LogP contribution in [0.4, 0.5) is 20.2 Å². The third kappa shape index (κ3) is 1.91. The second-order valence-electron chi connectivity index (χ2n) is 3.60. The maximum Gasteiger partial charge on any atom is 0.239 e. The maximum atomic E-state index is 13.5. The van der Waals surface area contributed by atoms with Gasteiger partial charge in [-0.05, 0) is 12.1 Å². The molecule has 16 heavy (non-hydrogen) atoms. The van der Waals surface area contributed by atoms with Crippen LogP contribution in [0.3, 0.4) is 0 Å². The average molecular weight is 227 g/mol. The summed E-state index contributed by atoms with van der Waals surface area (Å²) in [5.74, 6) is -1.73. The van der Waals surface area contributed by atoms with Crippen molar-refractivity contribution in [2.45, 2.75) is 0 Å².